The molecule has 5 rings (SSSR count). The van der Waals surface area contributed by atoms with Crippen LogP contribution >= 0.6 is 0 Å². The third kappa shape index (κ3) is 2.24. The smallest absolute Gasteiger partial charge is 0.190 e. The van der Waals surface area contributed by atoms with Crippen LogP contribution in [0.4, 0.5) is 0 Å². The molecular formula is C26H23NO. The Morgan fingerprint density at radius 2 is 1.57 bits per heavy atom. The number of rotatable bonds is 3. The maximum absolute atomic E-state index is 13.3. The molecule has 1 aliphatic rings. The average molecular weight is 365 g/mol. The highest BCUT2D eigenvalue weighted by molar-refractivity contribution is 6.25. The van der Waals surface area contributed by atoms with Crippen molar-refractivity contribution in [1.82, 2.24) is 4.57 Å². The lowest BCUT2D eigenvalue weighted by molar-refractivity contribution is 0.103. The summed E-state index contributed by atoms with van der Waals surface area (Å²) in [6.07, 6.45) is 0.746. The van der Waals surface area contributed by atoms with Crippen LogP contribution in [0.3, 0.4) is 0 Å². The fourth-order valence-corrected chi connectivity index (χ4v) is 4.70. The zero-order chi connectivity index (χ0) is 19.4. The number of ketones is 1. The quantitative estimate of drug-likeness (QED) is 0.404. The van der Waals surface area contributed by atoms with E-state index in [-0.39, 0.29) is 5.78 Å². The molecule has 0 N–H and O–H groups in total. The monoisotopic (exact) mass is 365 g/mol. The van der Waals surface area contributed by atoms with Crippen molar-refractivity contribution in [2.24, 2.45) is 0 Å². The van der Waals surface area contributed by atoms with Crippen LogP contribution in [0.25, 0.3) is 27.4 Å². The summed E-state index contributed by atoms with van der Waals surface area (Å²) in [5.41, 5.74) is 8.77. The summed E-state index contributed by atoms with van der Waals surface area (Å²) in [7, 11) is 0. The molecule has 0 saturated carbocycles. The second-order valence-corrected chi connectivity index (χ2v) is 7.58. The van der Waals surface area contributed by atoms with E-state index >= 15 is 0 Å². The van der Waals surface area contributed by atoms with Gasteiger partial charge in [0, 0.05) is 39.5 Å². The third-order valence-electron chi connectivity index (χ3n) is 5.98. The van der Waals surface area contributed by atoms with Gasteiger partial charge in [-0.2, -0.15) is 0 Å². The molecule has 0 atom stereocenters. The average Bonchev–Trinajstić information content (AvgIpc) is 3.17. The summed E-state index contributed by atoms with van der Waals surface area (Å²) < 4.78 is 2.36. The van der Waals surface area contributed by atoms with Gasteiger partial charge in [0.05, 0.1) is 0 Å². The second-order valence-electron chi connectivity index (χ2n) is 7.58. The molecule has 0 radical (unpaired) electrons. The molecule has 0 spiro atoms. The predicted molar refractivity (Wildman–Crippen MR) is 117 cm³/mol. The van der Waals surface area contributed by atoms with E-state index in [1.807, 2.05) is 18.2 Å². The zero-order valence-electron chi connectivity index (χ0n) is 16.5. The highest BCUT2D eigenvalue weighted by atomic mass is 16.1. The number of hydrogen-bond acceptors (Lipinski definition) is 1. The number of Topliss-reactive ketones (excluding diaryl/α,β-unsaturated/α-hetero) is 1. The first-order chi connectivity index (χ1) is 13.6. The summed E-state index contributed by atoms with van der Waals surface area (Å²) in [5, 5.41) is 2.41. The topological polar surface area (TPSA) is 22.0 Å². The van der Waals surface area contributed by atoms with Crippen molar-refractivity contribution in [2.45, 2.75) is 33.7 Å². The first-order valence-electron chi connectivity index (χ1n) is 10.0. The molecule has 0 saturated heterocycles. The lowest BCUT2D eigenvalue weighted by Crippen LogP contribution is -1.98. The standard InChI is InChI=1S/C26H23NO/c1-4-18-25(17-9-7-6-8-10-17)21-15-24-20(14-22(21)26(18)28)19-13-16(3)11-12-23(19)27(24)5-2/h6-15H,4-5H2,1-3H3. The number of carbonyl (C=O) groups is 1. The van der Waals surface area contributed by atoms with E-state index in [2.05, 4.69) is 67.8 Å². The Hall–Kier alpha value is -3.13. The third-order valence-corrected chi connectivity index (χ3v) is 5.98. The Kier molecular flexibility index (Phi) is 3.77. The zero-order valence-corrected chi connectivity index (χ0v) is 16.5. The normalized spacial score (nSPS) is 13.8. The minimum absolute atomic E-state index is 0.184. The van der Waals surface area contributed by atoms with E-state index in [9.17, 15) is 4.79 Å². The molecule has 2 nitrogen and oxygen atoms in total. The summed E-state index contributed by atoms with van der Waals surface area (Å²) in [5.74, 6) is 0.184. The first-order valence-corrected chi connectivity index (χ1v) is 10.0. The Bertz CT molecular complexity index is 1290. The molecule has 3 aromatic carbocycles. The van der Waals surface area contributed by atoms with Gasteiger partial charge in [-0.15, -0.1) is 0 Å². The van der Waals surface area contributed by atoms with Crippen LogP contribution in [0.1, 0.15) is 47.3 Å². The van der Waals surface area contributed by atoms with E-state index in [0.29, 0.717) is 0 Å². The fourth-order valence-electron chi connectivity index (χ4n) is 4.70. The van der Waals surface area contributed by atoms with Crippen LogP contribution in [-0.2, 0) is 6.54 Å². The molecule has 1 aromatic heterocycles. The molecule has 1 heterocycles. The van der Waals surface area contributed by atoms with E-state index in [1.165, 1.54) is 27.4 Å². The Morgan fingerprint density at radius 3 is 2.29 bits per heavy atom. The van der Waals surface area contributed by atoms with E-state index < -0.39 is 0 Å². The van der Waals surface area contributed by atoms with E-state index in [1.54, 1.807) is 0 Å². The number of allylic oxidation sites excluding steroid dienone is 1. The van der Waals surface area contributed by atoms with Crippen molar-refractivity contribution in [3.05, 3.63) is 88.5 Å². The molecule has 2 heteroatoms. The van der Waals surface area contributed by atoms with Gasteiger partial charge in [0.2, 0.25) is 0 Å². The maximum atomic E-state index is 13.3. The number of carbonyl (C=O) groups excluding carboxylic acids is 1. The van der Waals surface area contributed by atoms with Crippen LogP contribution in [0.15, 0.2) is 66.2 Å². The van der Waals surface area contributed by atoms with Gasteiger partial charge in [0.25, 0.3) is 0 Å². The van der Waals surface area contributed by atoms with E-state index in [4.69, 9.17) is 0 Å². The van der Waals surface area contributed by atoms with Crippen molar-refractivity contribution in [1.29, 1.82) is 0 Å². The van der Waals surface area contributed by atoms with Crippen molar-refractivity contribution in [3.63, 3.8) is 0 Å². The lowest BCUT2D eigenvalue weighted by Gasteiger charge is -2.09. The van der Waals surface area contributed by atoms with Gasteiger partial charge in [-0.1, -0.05) is 48.9 Å². The van der Waals surface area contributed by atoms with Crippen LogP contribution in [-0.4, -0.2) is 10.4 Å². The minimum Gasteiger partial charge on any atom is -0.341 e. The molecule has 0 aliphatic heterocycles. The molecule has 0 bridgehead atoms. The molecule has 0 unspecified atom stereocenters. The van der Waals surface area contributed by atoms with Gasteiger partial charge in [-0.05, 0) is 61.2 Å². The largest absolute Gasteiger partial charge is 0.341 e. The Morgan fingerprint density at radius 1 is 0.821 bits per heavy atom. The summed E-state index contributed by atoms with van der Waals surface area (Å²) >= 11 is 0. The number of nitrogens with zero attached hydrogens (tertiary/aromatic N) is 1. The highest BCUT2D eigenvalue weighted by Gasteiger charge is 2.30. The summed E-state index contributed by atoms with van der Waals surface area (Å²) in [6, 6.07) is 21.3. The molecule has 0 fully saturated rings. The van der Waals surface area contributed by atoms with Gasteiger partial charge in [0.1, 0.15) is 0 Å². The maximum Gasteiger partial charge on any atom is 0.190 e. The van der Waals surface area contributed by atoms with Crippen molar-refractivity contribution in [3.8, 4) is 0 Å². The van der Waals surface area contributed by atoms with E-state index in [0.717, 1.165) is 40.8 Å². The van der Waals surface area contributed by atoms with Crippen molar-refractivity contribution >= 4 is 33.2 Å². The second kappa shape index (κ2) is 6.20. The number of aromatic nitrogens is 1. The van der Waals surface area contributed by atoms with Gasteiger partial charge in [-0.25, -0.2) is 0 Å². The molecule has 4 aromatic rings. The Labute approximate surface area is 165 Å². The van der Waals surface area contributed by atoms with Gasteiger partial charge >= 0.3 is 0 Å². The number of benzene rings is 3. The van der Waals surface area contributed by atoms with Gasteiger partial charge < -0.3 is 4.57 Å². The lowest BCUT2D eigenvalue weighted by atomic mass is 9.96. The molecule has 0 amide bonds. The SMILES string of the molecule is CCC1=C(c2ccccc2)c2cc3c(cc2C1=O)c1cc(C)ccc1n3CC. The molecular weight excluding hydrogens is 342 g/mol. The van der Waals surface area contributed by atoms with Crippen LogP contribution < -0.4 is 0 Å². The summed E-state index contributed by atoms with van der Waals surface area (Å²) in [6.45, 7) is 7.29. The van der Waals surface area contributed by atoms with Crippen molar-refractivity contribution < 1.29 is 4.79 Å². The molecule has 28 heavy (non-hydrogen) atoms. The summed E-state index contributed by atoms with van der Waals surface area (Å²) in [4.78, 5) is 13.3. The highest BCUT2D eigenvalue weighted by Crippen LogP contribution is 2.42. The van der Waals surface area contributed by atoms with Gasteiger partial charge in [0.15, 0.2) is 5.78 Å². The van der Waals surface area contributed by atoms with Crippen LogP contribution in [0.5, 0.6) is 0 Å². The number of hydrogen-bond donors (Lipinski definition) is 0. The minimum atomic E-state index is 0.184. The van der Waals surface area contributed by atoms with Crippen molar-refractivity contribution in [2.75, 3.05) is 0 Å². The molecule has 1 aliphatic carbocycles. The fraction of sp³-hybridized carbons (Fsp3) is 0.192. The van der Waals surface area contributed by atoms with Gasteiger partial charge in [-0.3, -0.25) is 4.79 Å². The predicted octanol–water partition coefficient (Wildman–Crippen LogP) is 6.53. The number of aryl methyl sites for hydroxylation is 2. The first kappa shape index (κ1) is 17.0. The molecule has 138 valence electrons. The van der Waals surface area contributed by atoms with Crippen LogP contribution in [0, 0.1) is 6.92 Å². The van der Waals surface area contributed by atoms with Crippen LogP contribution in [0.2, 0.25) is 0 Å². The number of fused-ring (bicyclic) bond motifs is 4. The Balaban J connectivity index is 1.88.